The Morgan fingerprint density at radius 1 is 1.03 bits per heavy atom. The van der Waals surface area contributed by atoms with Crippen molar-refractivity contribution in [3.8, 4) is 5.75 Å². The van der Waals surface area contributed by atoms with E-state index >= 15 is 0 Å². The number of ether oxygens (including phenoxy) is 1. The summed E-state index contributed by atoms with van der Waals surface area (Å²) in [5, 5.41) is 6.08. The molecule has 0 unspecified atom stereocenters. The Morgan fingerprint density at radius 2 is 1.80 bits per heavy atom. The summed E-state index contributed by atoms with van der Waals surface area (Å²) in [5.41, 5.74) is 1.77. The zero-order chi connectivity index (χ0) is 25.4. The summed E-state index contributed by atoms with van der Waals surface area (Å²) in [6.07, 6.45) is 2.02. The zero-order valence-corrected chi connectivity index (χ0v) is 20.7. The van der Waals surface area contributed by atoms with Crippen LogP contribution in [-0.2, 0) is 5.54 Å². The molecule has 0 fully saturated rings. The first kappa shape index (κ1) is 24.4. The third-order valence-electron chi connectivity index (χ3n) is 6.12. The van der Waals surface area contributed by atoms with Gasteiger partial charge in [0.25, 0.3) is 11.8 Å². The van der Waals surface area contributed by atoms with Crippen molar-refractivity contribution in [2.45, 2.75) is 52.1 Å². The molecule has 2 heterocycles. The van der Waals surface area contributed by atoms with E-state index in [1.165, 1.54) is 6.07 Å². The Hall–Kier alpha value is -3.74. The van der Waals surface area contributed by atoms with Gasteiger partial charge in [0.05, 0.1) is 6.61 Å². The molecule has 1 aromatic heterocycles. The Kier molecular flexibility index (Phi) is 6.36. The van der Waals surface area contributed by atoms with Crippen LogP contribution >= 0.6 is 0 Å². The summed E-state index contributed by atoms with van der Waals surface area (Å²) in [4.78, 5) is 30.7. The molecule has 0 bridgehead atoms. The number of benzene rings is 2. The SMILES string of the molecule is Cc1ccc([C@@]2(NC(=O)c3ccc(C(=O)NC(C)(C)C)c(C)c3)CCOc3cccnc32)cc1F. The number of carbonyl (C=O) groups excluding carboxylic acids is 2. The number of hydrogen-bond acceptors (Lipinski definition) is 4. The third kappa shape index (κ3) is 4.90. The number of carbonyl (C=O) groups is 2. The Morgan fingerprint density at radius 3 is 2.49 bits per heavy atom. The van der Waals surface area contributed by atoms with E-state index in [4.69, 9.17) is 4.74 Å². The molecular formula is C28H30FN3O3. The fourth-order valence-electron chi connectivity index (χ4n) is 4.33. The summed E-state index contributed by atoms with van der Waals surface area (Å²) in [6, 6.07) is 13.5. The van der Waals surface area contributed by atoms with E-state index in [1.807, 2.05) is 26.8 Å². The van der Waals surface area contributed by atoms with Crippen LogP contribution in [-0.4, -0.2) is 28.9 Å². The molecule has 1 atom stereocenters. The van der Waals surface area contributed by atoms with Gasteiger partial charge in [-0.1, -0.05) is 12.1 Å². The van der Waals surface area contributed by atoms with Crippen LogP contribution in [0.3, 0.4) is 0 Å². The van der Waals surface area contributed by atoms with Gasteiger partial charge in [-0.25, -0.2) is 4.39 Å². The van der Waals surface area contributed by atoms with Crippen LogP contribution < -0.4 is 15.4 Å². The third-order valence-corrected chi connectivity index (χ3v) is 6.12. The number of fused-ring (bicyclic) bond motifs is 1. The number of nitrogens with one attached hydrogen (secondary N) is 2. The van der Waals surface area contributed by atoms with E-state index < -0.39 is 5.54 Å². The van der Waals surface area contributed by atoms with Crippen LogP contribution in [0.4, 0.5) is 4.39 Å². The summed E-state index contributed by atoms with van der Waals surface area (Å²) in [6.45, 7) is 9.56. The van der Waals surface area contributed by atoms with Crippen molar-refractivity contribution in [3.63, 3.8) is 0 Å². The molecule has 6 nitrogen and oxygen atoms in total. The number of amides is 2. The van der Waals surface area contributed by atoms with Crippen LogP contribution in [0.25, 0.3) is 0 Å². The molecule has 1 aliphatic heterocycles. The van der Waals surface area contributed by atoms with Crippen molar-refractivity contribution in [2.75, 3.05) is 6.61 Å². The van der Waals surface area contributed by atoms with Gasteiger partial charge in [0.15, 0.2) is 0 Å². The molecular weight excluding hydrogens is 445 g/mol. The number of pyridine rings is 1. The maximum atomic E-state index is 14.6. The van der Waals surface area contributed by atoms with Gasteiger partial charge in [-0.3, -0.25) is 14.6 Å². The van der Waals surface area contributed by atoms with E-state index in [-0.39, 0.29) is 23.2 Å². The normalized spacial score (nSPS) is 17.2. The second-order valence-electron chi connectivity index (χ2n) is 10.0. The standard InChI is InChI=1S/C28H30FN3O3/c1-17-8-10-20(16-22(17)29)28(12-14-35-23-7-6-13-30-24(23)28)32-25(33)19-9-11-21(18(2)15-19)26(34)31-27(3,4)5/h6-11,13,15-16H,12,14H2,1-5H3,(H,31,34)(H,32,33)/t28-/m0/s1. The first-order valence-electron chi connectivity index (χ1n) is 11.6. The molecule has 2 N–H and O–H groups in total. The van der Waals surface area contributed by atoms with E-state index in [0.717, 1.165) is 0 Å². The Balaban J connectivity index is 1.73. The summed E-state index contributed by atoms with van der Waals surface area (Å²) >= 11 is 0. The summed E-state index contributed by atoms with van der Waals surface area (Å²) < 4.78 is 20.4. The van der Waals surface area contributed by atoms with E-state index in [0.29, 0.717) is 52.3 Å². The van der Waals surface area contributed by atoms with Crippen molar-refractivity contribution in [1.29, 1.82) is 0 Å². The van der Waals surface area contributed by atoms with Crippen LogP contribution in [0.15, 0.2) is 54.7 Å². The second kappa shape index (κ2) is 9.13. The van der Waals surface area contributed by atoms with Crippen molar-refractivity contribution in [2.24, 2.45) is 0 Å². The number of hydrogen-bond donors (Lipinski definition) is 2. The number of aromatic nitrogens is 1. The lowest BCUT2D eigenvalue weighted by atomic mass is 9.80. The van der Waals surface area contributed by atoms with Crippen molar-refractivity contribution in [1.82, 2.24) is 15.6 Å². The Bertz CT molecular complexity index is 1300. The minimum absolute atomic E-state index is 0.198. The van der Waals surface area contributed by atoms with Gasteiger partial charge < -0.3 is 15.4 Å². The van der Waals surface area contributed by atoms with Gasteiger partial charge in [-0.15, -0.1) is 0 Å². The molecule has 7 heteroatoms. The molecule has 0 aliphatic carbocycles. The fraction of sp³-hybridized carbons (Fsp3) is 0.321. The minimum atomic E-state index is -1.07. The topological polar surface area (TPSA) is 80.3 Å². The number of halogens is 1. The molecule has 0 saturated carbocycles. The van der Waals surface area contributed by atoms with Crippen molar-refractivity contribution < 1.29 is 18.7 Å². The zero-order valence-electron chi connectivity index (χ0n) is 20.7. The van der Waals surface area contributed by atoms with Crippen molar-refractivity contribution >= 4 is 11.8 Å². The average molecular weight is 476 g/mol. The molecule has 4 rings (SSSR count). The van der Waals surface area contributed by atoms with Gasteiger partial charge in [-0.2, -0.15) is 0 Å². The highest BCUT2D eigenvalue weighted by Gasteiger charge is 2.43. The maximum Gasteiger partial charge on any atom is 0.252 e. The quantitative estimate of drug-likeness (QED) is 0.567. The van der Waals surface area contributed by atoms with Crippen LogP contribution in [0.1, 0.15) is 70.3 Å². The highest BCUT2D eigenvalue weighted by molar-refractivity contribution is 5.99. The van der Waals surface area contributed by atoms with E-state index in [2.05, 4.69) is 15.6 Å². The van der Waals surface area contributed by atoms with Gasteiger partial charge >= 0.3 is 0 Å². The highest BCUT2D eigenvalue weighted by Crippen LogP contribution is 2.41. The summed E-state index contributed by atoms with van der Waals surface area (Å²) in [5.74, 6) is -0.359. The second-order valence-corrected chi connectivity index (χ2v) is 10.0. The molecule has 182 valence electrons. The first-order valence-corrected chi connectivity index (χ1v) is 11.6. The molecule has 0 radical (unpaired) electrons. The first-order chi connectivity index (χ1) is 16.5. The number of nitrogens with zero attached hydrogens (tertiary/aromatic N) is 1. The molecule has 35 heavy (non-hydrogen) atoms. The van der Waals surface area contributed by atoms with Crippen LogP contribution in [0, 0.1) is 19.7 Å². The lowest BCUT2D eigenvalue weighted by Crippen LogP contribution is -2.50. The molecule has 0 spiro atoms. The van der Waals surface area contributed by atoms with Gasteiger partial charge in [0, 0.05) is 29.3 Å². The van der Waals surface area contributed by atoms with E-state index in [1.54, 1.807) is 56.4 Å². The minimum Gasteiger partial charge on any atom is -0.491 e. The lowest BCUT2D eigenvalue weighted by molar-refractivity contribution is 0.0879. The van der Waals surface area contributed by atoms with Crippen molar-refractivity contribution in [3.05, 3.63) is 94.1 Å². The molecule has 2 aromatic carbocycles. The largest absolute Gasteiger partial charge is 0.491 e. The molecule has 3 aromatic rings. The maximum absolute atomic E-state index is 14.6. The van der Waals surface area contributed by atoms with Crippen LogP contribution in [0.5, 0.6) is 5.75 Å². The fourth-order valence-corrected chi connectivity index (χ4v) is 4.33. The predicted molar refractivity (Wildman–Crippen MR) is 132 cm³/mol. The van der Waals surface area contributed by atoms with Gasteiger partial charge in [0.2, 0.25) is 0 Å². The molecule has 2 amide bonds. The monoisotopic (exact) mass is 475 g/mol. The predicted octanol–water partition coefficient (Wildman–Crippen LogP) is 4.82. The number of rotatable bonds is 4. The highest BCUT2D eigenvalue weighted by atomic mass is 19.1. The molecule has 1 aliphatic rings. The Labute approximate surface area is 204 Å². The van der Waals surface area contributed by atoms with E-state index in [9.17, 15) is 14.0 Å². The van der Waals surface area contributed by atoms with Crippen LogP contribution in [0.2, 0.25) is 0 Å². The average Bonchev–Trinajstić information content (AvgIpc) is 2.79. The van der Waals surface area contributed by atoms with Gasteiger partial charge in [-0.05, 0) is 87.7 Å². The van der Waals surface area contributed by atoms with Gasteiger partial charge in [0.1, 0.15) is 22.8 Å². The number of aryl methyl sites for hydroxylation is 2. The smallest absolute Gasteiger partial charge is 0.252 e. The molecule has 0 saturated heterocycles. The lowest BCUT2D eigenvalue weighted by Gasteiger charge is -2.39. The summed E-state index contributed by atoms with van der Waals surface area (Å²) in [7, 11) is 0.